The van der Waals surface area contributed by atoms with Crippen LogP contribution in [0.25, 0.3) is 0 Å². The van der Waals surface area contributed by atoms with E-state index in [4.69, 9.17) is 4.74 Å². The van der Waals surface area contributed by atoms with Gasteiger partial charge < -0.3 is 15.4 Å². The molecule has 0 heterocycles. The summed E-state index contributed by atoms with van der Waals surface area (Å²) in [6.45, 7) is 5.51. The number of guanidine groups is 1. The summed E-state index contributed by atoms with van der Waals surface area (Å²) < 4.78 is 5.45. The summed E-state index contributed by atoms with van der Waals surface area (Å²) in [6.07, 6.45) is 4.42. The number of nitrogens with zero attached hydrogens (tertiary/aromatic N) is 1. The van der Waals surface area contributed by atoms with Gasteiger partial charge in [-0.05, 0) is 12.7 Å². The molecule has 0 unspecified atom stereocenters. The molecule has 0 saturated carbocycles. The Morgan fingerprint density at radius 3 is 2.62 bits per heavy atom. The number of aliphatic imine (C=N–C) groups is 1. The van der Waals surface area contributed by atoms with Crippen LogP contribution in [0, 0.1) is 0 Å². The van der Waals surface area contributed by atoms with Crippen LogP contribution in [0.1, 0.15) is 19.8 Å². The summed E-state index contributed by atoms with van der Waals surface area (Å²) in [7, 11) is 1.78. The van der Waals surface area contributed by atoms with Gasteiger partial charge in [0.25, 0.3) is 0 Å². The Labute approximate surface area is 104 Å². The minimum Gasteiger partial charge on any atom is -0.380 e. The predicted molar refractivity (Wildman–Crippen MR) is 73.5 cm³/mol. The first-order valence-corrected chi connectivity index (χ1v) is 7.25. The van der Waals surface area contributed by atoms with Gasteiger partial charge in [0, 0.05) is 32.5 Å². The number of thioether (sulfide) groups is 1. The largest absolute Gasteiger partial charge is 0.380 e. The minimum atomic E-state index is 0.739. The molecule has 5 heteroatoms. The Hall–Kier alpha value is -0.420. The maximum atomic E-state index is 5.45. The molecule has 16 heavy (non-hydrogen) atoms. The molecular weight excluding hydrogens is 222 g/mol. The van der Waals surface area contributed by atoms with Gasteiger partial charge in [0.2, 0.25) is 0 Å². The molecular formula is C11H25N3OS. The summed E-state index contributed by atoms with van der Waals surface area (Å²) in [5, 5.41) is 6.44. The molecule has 0 fully saturated rings. The minimum absolute atomic E-state index is 0.739. The van der Waals surface area contributed by atoms with Crippen molar-refractivity contribution in [1.82, 2.24) is 10.6 Å². The van der Waals surface area contributed by atoms with Crippen LogP contribution < -0.4 is 10.6 Å². The van der Waals surface area contributed by atoms with Crippen molar-refractivity contribution >= 4 is 17.7 Å². The average molecular weight is 247 g/mol. The molecule has 0 rings (SSSR count). The van der Waals surface area contributed by atoms with Crippen LogP contribution >= 0.6 is 11.8 Å². The highest BCUT2D eigenvalue weighted by molar-refractivity contribution is 7.98. The lowest BCUT2D eigenvalue weighted by molar-refractivity contribution is 0.136. The zero-order chi connectivity index (χ0) is 12.1. The first-order chi connectivity index (χ1) is 7.85. The second-order valence-electron chi connectivity index (χ2n) is 3.38. The quantitative estimate of drug-likeness (QED) is 0.366. The molecule has 0 aromatic heterocycles. The summed E-state index contributed by atoms with van der Waals surface area (Å²) in [6, 6.07) is 0. The Morgan fingerprint density at radius 1 is 1.25 bits per heavy atom. The number of rotatable bonds is 9. The van der Waals surface area contributed by atoms with Gasteiger partial charge in [-0.15, -0.1) is 0 Å². The summed E-state index contributed by atoms with van der Waals surface area (Å²) >= 11 is 1.82. The van der Waals surface area contributed by atoms with Crippen molar-refractivity contribution in [1.29, 1.82) is 0 Å². The fourth-order valence-electron chi connectivity index (χ4n) is 1.08. The fraction of sp³-hybridized carbons (Fsp3) is 0.909. The number of hydrogen-bond acceptors (Lipinski definition) is 3. The van der Waals surface area contributed by atoms with E-state index < -0.39 is 0 Å². The first kappa shape index (κ1) is 15.6. The highest BCUT2D eigenvalue weighted by Crippen LogP contribution is 1.87. The van der Waals surface area contributed by atoms with Gasteiger partial charge in [-0.25, -0.2) is 0 Å². The van der Waals surface area contributed by atoms with Gasteiger partial charge in [-0.3, -0.25) is 4.99 Å². The maximum absolute atomic E-state index is 5.45. The number of unbranched alkanes of at least 4 members (excludes halogenated alkanes) is 1. The van der Waals surface area contributed by atoms with Crippen LogP contribution in [0.3, 0.4) is 0 Å². The standard InChI is InChI=1S/C11H25N3OS/c1-4-5-8-15-9-6-13-11(12-2)14-7-10-16-3/h4-10H2,1-3H3,(H2,12,13,14). The molecule has 4 nitrogen and oxygen atoms in total. The van der Waals surface area contributed by atoms with Gasteiger partial charge in [0.05, 0.1) is 6.61 Å². The highest BCUT2D eigenvalue weighted by atomic mass is 32.2. The lowest BCUT2D eigenvalue weighted by atomic mass is 10.4. The van der Waals surface area contributed by atoms with E-state index in [0.717, 1.165) is 44.4 Å². The lowest BCUT2D eigenvalue weighted by Gasteiger charge is -2.11. The van der Waals surface area contributed by atoms with Crippen molar-refractivity contribution in [2.45, 2.75) is 19.8 Å². The zero-order valence-corrected chi connectivity index (χ0v) is 11.5. The molecule has 2 N–H and O–H groups in total. The molecule has 0 aromatic carbocycles. The SMILES string of the molecule is CCCCOCCNC(=NC)NCCSC. The first-order valence-electron chi connectivity index (χ1n) is 5.86. The lowest BCUT2D eigenvalue weighted by Crippen LogP contribution is -2.39. The zero-order valence-electron chi connectivity index (χ0n) is 10.7. The third-order valence-corrected chi connectivity index (χ3v) is 2.62. The molecule has 0 saturated heterocycles. The van der Waals surface area contributed by atoms with Gasteiger partial charge in [-0.2, -0.15) is 11.8 Å². The van der Waals surface area contributed by atoms with Crippen molar-refractivity contribution in [2.75, 3.05) is 45.4 Å². The normalized spacial score (nSPS) is 11.6. The van der Waals surface area contributed by atoms with Crippen LogP contribution in [0.5, 0.6) is 0 Å². The van der Waals surface area contributed by atoms with Gasteiger partial charge in [0.1, 0.15) is 0 Å². The van der Waals surface area contributed by atoms with Crippen LogP contribution in [0.4, 0.5) is 0 Å². The summed E-state index contributed by atoms with van der Waals surface area (Å²) in [5.74, 6) is 1.95. The van der Waals surface area contributed by atoms with E-state index in [1.807, 2.05) is 11.8 Å². The molecule has 0 spiro atoms. The Bertz CT molecular complexity index is 177. The third-order valence-electron chi connectivity index (χ3n) is 2.00. The van der Waals surface area contributed by atoms with E-state index >= 15 is 0 Å². The van der Waals surface area contributed by atoms with E-state index in [9.17, 15) is 0 Å². The third kappa shape index (κ3) is 10.1. The second kappa shape index (κ2) is 12.6. The molecule has 96 valence electrons. The molecule has 0 aliphatic heterocycles. The van der Waals surface area contributed by atoms with Crippen molar-refractivity contribution < 1.29 is 4.74 Å². The number of hydrogen-bond donors (Lipinski definition) is 2. The summed E-state index contributed by atoms with van der Waals surface area (Å²) in [4.78, 5) is 4.12. The highest BCUT2D eigenvalue weighted by Gasteiger charge is 1.95. The van der Waals surface area contributed by atoms with E-state index in [1.165, 1.54) is 6.42 Å². The Morgan fingerprint density at radius 2 is 2.00 bits per heavy atom. The molecule has 0 aromatic rings. The van der Waals surface area contributed by atoms with E-state index in [2.05, 4.69) is 28.8 Å². The van der Waals surface area contributed by atoms with Crippen LogP contribution in [0.2, 0.25) is 0 Å². The molecule has 0 atom stereocenters. The molecule has 0 aliphatic carbocycles. The summed E-state index contributed by atoms with van der Waals surface area (Å²) in [5.41, 5.74) is 0. The van der Waals surface area contributed by atoms with Gasteiger partial charge in [0.15, 0.2) is 5.96 Å². The van der Waals surface area contributed by atoms with E-state index in [0.29, 0.717) is 0 Å². The van der Waals surface area contributed by atoms with E-state index in [1.54, 1.807) is 7.05 Å². The van der Waals surface area contributed by atoms with Gasteiger partial charge in [-0.1, -0.05) is 13.3 Å². The molecule has 0 bridgehead atoms. The molecule has 0 amide bonds. The van der Waals surface area contributed by atoms with Crippen LogP contribution in [-0.4, -0.2) is 51.3 Å². The van der Waals surface area contributed by atoms with E-state index in [-0.39, 0.29) is 0 Å². The number of nitrogens with one attached hydrogen (secondary N) is 2. The monoisotopic (exact) mass is 247 g/mol. The van der Waals surface area contributed by atoms with Crippen LogP contribution in [-0.2, 0) is 4.74 Å². The topological polar surface area (TPSA) is 45.6 Å². The average Bonchev–Trinajstić information content (AvgIpc) is 2.31. The smallest absolute Gasteiger partial charge is 0.191 e. The maximum Gasteiger partial charge on any atom is 0.191 e. The molecule has 0 aliphatic rings. The fourth-order valence-corrected chi connectivity index (χ4v) is 1.39. The Kier molecular flexibility index (Phi) is 12.3. The predicted octanol–water partition coefficient (Wildman–Crippen LogP) is 1.33. The second-order valence-corrected chi connectivity index (χ2v) is 4.37. The Balaban J connectivity index is 3.34. The van der Waals surface area contributed by atoms with Crippen LogP contribution in [0.15, 0.2) is 4.99 Å². The number of ether oxygens (including phenoxy) is 1. The van der Waals surface area contributed by atoms with Crippen molar-refractivity contribution in [3.63, 3.8) is 0 Å². The molecule has 0 radical (unpaired) electrons. The van der Waals surface area contributed by atoms with Crippen molar-refractivity contribution in [2.24, 2.45) is 4.99 Å². The van der Waals surface area contributed by atoms with Crippen molar-refractivity contribution in [3.05, 3.63) is 0 Å². The van der Waals surface area contributed by atoms with Crippen molar-refractivity contribution in [3.8, 4) is 0 Å². The van der Waals surface area contributed by atoms with Gasteiger partial charge >= 0.3 is 0 Å².